The molecule has 30 heavy (non-hydrogen) atoms. The molecule has 2 aromatic carbocycles. The molecule has 1 aliphatic heterocycles. The second-order valence-electron chi connectivity index (χ2n) is 6.85. The highest BCUT2D eigenvalue weighted by Gasteiger charge is 2.36. The maximum absolute atomic E-state index is 13.5. The zero-order valence-corrected chi connectivity index (χ0v) is 16.5. The van der Waals surface area contributed by atoms with Crippen molar-refractivity contribution in [2.75, 3.05) is 29.3 Å². The van der Waals surface area contributed by atoms with E-state index < -0.39 is 35.3 Å². The minimum atomic E-state index is -4.67. The molecule has 2 N–H and O–H groups in total. The Bertz CT molecular complexity index is 990. The maximum atomic E-state index is 13.5. The lowest BCUT2D eigenvalue weighted by Gasteiger charge is -2.30. The van der Waals surface area contributed by atoms with Gasteiger partial charge in [-0.1, -0.05) is 18.2 Å². The van der Waals surface area contributed by atoms with Crippen LogP contribution in [-0.4, -0.2) is 37.8 Å². The molecular formula is C20H20F3N5O2. The van der Waals surface area contributed by atoms with Crippen molar-refractivity contribution in [1.29, 1.82) is 0 Å². The number of halogens is 3. The van der Waals surface area contributed by atoms with Crippen LogP contribution in [0.1, 0.15) is 12.5 Å². The van der Waals surface area contributed by atoms with Gasteiger partial charge in [-0.05, 0) is 37.3 Å². The lowest BCUT2D eigenvalue weighted by molar-refractivity contribution is -0.136. The second kappa shape index (κ2) is 8.05. The van der Waals surface area contributed by atoms with Crippen LogP contribution < -0.4 is 20.7 Å². The van der Waals surface area contributed by atoms with E-state index in [4.69, 9.17) is 0 Å². The van der Waals surface area contributed by atoms with Crippen molar-refractivity contribution >= 4 is 34.7 Å². The fourth-order valence-corrected chi connectivity index (χ4v) is 2.84. The van der Waals surface area contributed by atoms with Crippen LogP contribution in [-0.2, 0) is 15.8 Å². The van der Waals surface area contributed by atoms with Gasteiger partial charge in [-0.15, -0.1) is 0 Å². The summed E-state index contributed by atoms with van der Waals surface area (Å²) in [6.07, 6.45) is -4.67. The fraction of sp³-hybridized carbons (Fsp3) is 0.250. The fourth-order valence-electron chi connectivity index (χ4n) is 2.84. The standard InChI is InChI=1S/C20H20F3N5O2/c1-12-19(30)28(13-7-5-4-6-8-13)26-17(24-12)18(29)25-16-10-9-14(27(2)3)11-15(16)20(21,22)23/h4-12H,1-3H3,(H,24,26)(H,25,29). The van der Waals surface area contributed by atoms with Crippen molar-refractivity contribution in [2.24, 2.45) is 4.99 Å². The van der Waals surface area contributed by atoms with Crippen molar-refractivity contribution in [2.45, 2.75) is 19.1 Å². The molecule has 0 aromatic heterocycles. The molecule has 1 aliphatic rings. The van der Waals surface area contributed by atoms with Crippen molar-refractivity contribution in [3.63, 3.8) is 0 Å². The van der Waals surface area contributed by atoms with Gasteiger partial charge in [0.2, 0.25) is 5.84 Å². The third kappa shape index (κ3) is 4.37. The molecule has 158 valence electrons. The Morgan fingerprint density at radius 3 is 2.43 bits per heavy atom. The maximum Gasteiger partial charge on any atom is 0.418 e. The molecule has 0 spiro atoms. The van der Waals surface area contributed by atoms with Crippen LogP contribution in [0.4, 0.5) is 30.2 Å². The Hall–Kier alpha value is -3.56. The zero-order chi connectivity index (χ0) is 22.1. The number of carbonyl (C=O) groups excluding carboxylic acids is 2. The molecule has 0 saturated heterocycles. The lowest BCUT2D eigenvalue weighted by atomic mass is 10.1. The second-order valence-corrected chi connectivity index (χ2v) is 6.85. The van der Waals surface area contributed by atoms with E-state index in [1.165, 1.54) is 24.0 Å². The number of alkyl halides is 3. The number of amides is 2. The van der Waals surface area contributed by atoms with Gasteiger partial charge in [-0.3, -0.25) is 15.0 Å². The Balaban J connectivity index is 1.89. The molecule has 2 aromatic rings. The number of hydrogen-bond acceptors (Lipinski definition) is 5. The quantitative estimate of drug-likeness (QED) is 0.799. The Labute approximate surface area is 171 Å². The molecule has 7 nitrogen and oxygen atoms in total. The first-order valence-electron chi connectivity index (χ1n) is 9.01. The minimum Gasteiger partial charge on any atom is -0.378 e. The van der Waals surface area contributed by atoms with Gasteiger partial charge < -0.3 is 10.2 Å². The van der Waals surface area contributed by atoms with Crippen molar-refractivity contribution < 1.29 is 22.8 Å². The molecule has 1 heterocycles. The molecule has 3 rings (SSSR count). The first-order valence-corrected chi connectivity index (χ1v) is 9.01. The van der Waals surface area contributed by atoms with Crippen molar-refractivity contribution in [3.8, 4) is 0 Å². The van der Waals surface area contributed by atoms with E-state index in [9.17, 15) is 22.8 Å². The van der Waals surface area contributed by atoms with E-state index in [2.05, 4.69) is 15.7 Å². The van der Waals surface area contributed by atoms with Crippen molar-refractivity contribution in [1.82, 2.24) is 5.43 Å². The predicted octanol–water partition coefficient (Wildman–Crippen LogP) is 3.05. The molecule has 2 amide bonds. The van der Waals surface area contributed by atoms with E-state index in [-0.39, 0.29) is 5.84 Å². The van der Waals surface area contributed by atoms with E-state index in [0.29, 0.717) is 11.4 Å². The smallest absolute Gasteiger partial charge is 0.378 e. The number of rotatable bonds is 4. The summed E-state index contributed by atoms with van der Waals surface area (Å²) >= 11 is 0. The highest BCUT2D eigenvalue weighted by atomic mass is 19.4. The van der Waals surface area contributed by atoms with Gasteiger partial charge in [0.15, 0.2) is 0 Å². The van der Waals surface area contributed by atoms with Gasteiger partial charge >= 0.3 is 6.18 Å². The Morgan fingerprint density at radius 1 is 1.17 bits per heavy atom. The first-order chi connectivity index (χ1) is 14.1. The monoisotopic (exact) mass is 419 g/mol. The number of nitrogens with one attached hydrogen (secondary N) is 2. The van der Waals surface area contributed by atoms with E-state index in [1.807, 2.05) is 0 Å². The average molecular weight is 419 g/mol. The third-order valence-electron chi connectivity index (χ3n) is 4.42. The summed E-state index contributed by atoms with van der Waals surface area (Å²) in [6, 6.07) is 11.2. The summed E-state index contributed by atoms with van der Waals surface area (Å²) in [6.45, 7) is 1.50. The van der Waals surface area contributed by atoms with Crippen LogP contribution in [0.2, 0.25) is 0 Å². The van der Waals surface area contributed by atoms with E-state index in [0.717, 1.165) is 11.1 Å². The first kappa shape index (κ1) is 21.2. The zero-order valence-electron chi connectivity index (χ0n) is 16.5. The van der Waals surface area contributed by atoms with Crippen LogP contribution in [0, 0.1) is 0 Å². The highest BCUT2D eigenvalue weighted by molar-refractivity contribution is 6.43. The van der Waals surface area contributed by atoms with Gasteiger partial charge in [0.05, 0.1) is 16.9 Å². The number of benzene rings is 2. The van der Waals surface area contributed by atoms with Crippen LogP contribution in [0.5, 0.6) is 0 Å². The van der Waals surface area contributed by atoms with Crippen molar-refractivity contribution in [3.05, 3.63) is 54.1 Å². The largest absolute Gasteiger partial charge is 0.418 e. The summed E-state index contributed by atoms with van der Waals surface area (Å²) in [7, 11) is 3.23. The van der Waals surface area contributed by atoms with Crippen LogP contribution in [0.15, 0.2) is 53.5 Å². The average Bonchev–Trinajstić information content (AvgIpc) is 2.69. The number of para-hydroxylation sites is 1. The van der Waals surface area contributed by atoms with Crippen LogP contribution in [0.25, 0.3) is 0 Å². The highest BCUT2D eigenvalue weighted by Crippen LogP contribution is 2.37. The summed E-state index contributed by atoms with van der Waals surface area (Å²) in [4.78, 5) is 30.6. The molecule has 0 aliphatic carbocycles. The predicted molar refractivity (Wildman–Crippen MR) is 108 cm³/mol. The lowest BCUT2D eigenvalue weighted by Crippen LogP contribution is -2.57. The van der Waals surface area contributed by atoms with Crippen LogP contribution >= 0.6 is 0 Å². The number of amidine groups is 1. The molecule has 0 radical (unpaired) electrons. The van der Waals surface area contributed by atoms with Gasteiger partial charge in [-0.2, -0.15) is 13.2 Å². The molecule has 0 saturated carbocycles. The summed E-state index contributed by atoms with van der Waals surface area (Å²) < 4.78 is 40.5. The minimum absolute atomic E-state index is 0.268. The number of hydrazine groups is 1. The van der Waals surface area contributed by atoms with Gasteiger partial charge in [0.25, 0.3) is 11.8 Å². The molecule has 0 bridgehead atoms. The molecule has 1 atom stereocenters. The number of hydrogen-bond donors (Lipinski definition) is 2. The molecule has 1 unspecified atom stereocenters. The van der Waals surface area contributed by atoms with Gasteiger partial charge in [0.1, 0.15) is 6.04 Å². The number of anilines is 3. The number of aliphatic imine (C=N–C) groups is 1. The topological polar surface area (TPSA) is 77.0 Å². The summed E-state index contributed by atoms with van der Waals surface area (Å²) in [5.41, 5.74) is 2.01. The van der Waals surface area contributed by atoms with Crippen LogP contribution in [0.3, 0.4) is 0 Å². The molecule has 10 heteroatoms. The Morgan fingerprint density at radius 2 is 1.83 bits per heavy atom. The number of carbonyl (C=O) groups is 2. The van der Waals surface area contributed by atoms with Gasteiger partial charge in [0, 0.05) is 19.8 Å². The normalized spacial score (nSPS) is 16.6. The van der Waals surface area contributed by atoms with E-state index >= 15 is 0 Å². The summed E-state index contributed by atoms with van der Waals surface area (Å²) in [5, 5.41) is 3.40. The third-order valence-corrected chi connectivity index (χ3v) is 4.42. The number of nitrogens with zero attached hydrogens (tertiary/aromatic N) is 3. The molecular weight excluding hydrogens is 399 g/mol. The SMILES string of the molecule is CC1N=C(C(=O)Nc2ccc(N(C)C)cc2C(F)(F)F)NN(c2ccccc2)C1=O. The van der Waals surface area contributed by atoms with E-state index in [1.54, 1.807) is 44.4 Å². The van der Waals surface area contributed by atoms with Gasteiger partial charge in [-0.25, -0.2) is 10.0 Å². The summed E-state index contributed by atoms with van der Waals surface area (Å²) in [5.74, 6) is -1.56. The molecule has 0 fully saturated rings. The Kier molecular flexibility index (Phi) is 5.68.